The third kappa shape index (κ3) is 7.05. The molecule has 3 heteroatoms. The molecule has 20 heavy (non-hydrogen) atoms. The van der Waals surface area contributed by atoms with Crippen molar-refractivity contribution < 1.29 is 0 Å². The summed E-state index contributed by atoms with van der Waals surface area (Å²) >= 11 is 0. The lowest BCUT2D eigenvalue weighted by molar-refractivity contribution is 0.127. The molecule has 1 aliphatic heterocycles. The van der Waals surface area contributed by atoms with Gasteiger partial charge in [-0.15, -0.1) is 0 Å². The number of piperazine rings is 1. The summed E-state index contributed by atoms with van der Waals surface area (Å²) in [5, 5.41) is 3.57. The standard InChI is InChI=1S/C17H35N3/c1-17(2,3)18-9-5-4-6-10-19-11-13-20(14-12-19)15-16-7-8-16/h16,18H,4-15H2,1-3H3. The van der Waals surface area contributed by atoms with Gasteiger partial charge in [0.1, 0.15) is 0 Å². The van der Waals surface area contributed by atoms with Gasteiger partial charge >= 0.3 is 0 Å². The molecule has 0 aromatic heterocycles. The molecule has 118 valence electrons. The molecule has 0 spiro atoms. The third-order valence-electron chi connectivity index (χ3n) is 4.48. The molecule has 0 atom stereocenters. The normalized spacial score (nSPS) is 22.4. The van der Waals surface area contributed by atoms with Crippen molar-refractivity contribution in [2.75, 3.05) is 45.8 Å². The van der Waals surface area contributed by atoms with Crippen molar-refractivity contribution in [1.82, 2.24) is 15.1 Å². The molecule has 0 bridgehead atoms. The first-order valence-corrected chi connectivity index (χ1v) is 8.73. The van der Waals surface area contributed by atoms with Crippen molar-refractivity contribution in [2.45, 2.75) is 58.4 Å². The summed E-state index contributed by atoms with van der Waals surface area (Å²) in [6, 6.07) is 0. The first-order valence-electron chi connectivity index (χ1n) is 8.73. The second-order valence-electron chi connectivity index (χ2n) is 7.82. The van der Waals surface area contributed by atoms with Crippen molar-refractivity contribution >= 4 is 0 Å². The van der Waals surface area contributed by atoms with Crippen LogP contribution in [-0.4, -0.2) is 61.2 Å². The Hall–Kier alpha value is -0.120. The Morgan fingerprint density at radius 3 is 2.15 bits per heavy atom. The highest BCUT2D eigenvalue weighted by Gasteiger charge is 2.26. The summed E-state index contributed by atoms with van der Waals surface area (Å²) in [5.74, 6) is 1.05. The van der Waals surface area contributed by atoms with Crippen LogP contribution in [0.1, 0.15) is 52.9 Å². The van der Waals surface area contributed by atoms with Crippen molar-refractivity contribution in [1.29, 1.82) is 0 Å². The lowest BCUT2D eigenvalue weighted by Crippen LogP contribution is -2.47. The molecule has 2 rings (SSSR count). The summed E-state index contributed by atoms with van der Waals surface area (Å²) in [4.78, 5) is 5.35. The van der Waals surface area contributed by atoms with Gasteiger partial charge in [0, 0.05) is 38.3 Å². The number of rotatable bonds is 8. The molecule has 1 saturated carbocycles. The van der Waals surface area contributed by atoms with E-state index in [0.29, 0.717) is 0 Å². The molecular weight excluding hydrogens is 246 g/mol. The van der Waals surface area contributed by atoms with E-state index < -0.39 is 0 Å². The summed E-state index contributed by atoms with van der Waals surface area (Å²) in [5.41, 5.74) is 0.276. The SMILES string of the molecule is CC(C)(C)NCCCCCN1CCN(CC2CC2)CC1. The number of hydrogen-bond acceptors (Lipinski definition) is 3. The van der Waals surface area contributed by atoms with Gasteiger partial charge in [0.25, 0.3) is 0 Å². The van der Waals surface area contributed by atoms with E-state index in [1.165, 1.54) is 77.9 Å². The molecule has 1 heterocycles. The fraction of sp³-hybridized carbons (Fsp3) is 1.00. The zero-order valence-corrected chi connectivity index (χ0v) is 14.0. The van der Waals surface area contributed by atoms with Crippen LogP contribution in [0.5, 0.6) is 0 Å². The van der Waals surface area contributed by atoms with Gasteiger partial charge in [0.05, 0.1) is 0 Å². The topological polar surface area (TPSA) is 18.5 Å². The van der Waals surface area contributed by atoms with Gasteiger partial charge in [-0.3, -0.25) is 0 Å². The van der Waals surface area contributed by atoms with Gasteiger partial charge in [0.2, 0.25) is 0 Å². The molecule has 1 N–H and O–H groups in total. The average Bonchev–Trinajstić information content (AvgIpc) is 3.18. The molecule has 2 fully saturated rings. The fourth-order valence-corrected chi connectivity index (χ4v) is 2.96. The van der Waals surface area contributed by atoms with Crippen molar-refractivity contribution in [3.8, 4) is 0 Å². The first kappa shape index (κ1) is 16.3. The van der Waals surface area contributed by atoms with E-state index in [-0.39, 0.29) is 5.54 Å². The van der Waals surface area contributed by atoms with Gasteiger partial charge in [-0.1, -0.05) is 6.42 Å². The minimum absolute atomic E-state index is 0.276. The van der Waals surface area contributed by atoms with E-state index in [1.807, 2.05) is 0 Å². The van der Waals surface area contributed by atoms with E-state index in [9.17, 15) is 0 Å². The molecule has 0 aromatic rings. The van der Waals surface area contributed by atoms with E-state index in [2.05, 4.69) is 35.9 Å². The van der Waals surface area contributed by atoms with Crippen molar-refractivity contribution in [3.63, 3.8) is 0 Å². The highest BCUT2D eigenvalue weighted by molar-refractivity contribution is 4.80. The predicted molar refractivity (Wildman–Crippen MR) is 87.2 cm³/mol. The Kier molecular flexibility index (Phi) is 6.31. The Morgan fingerprint density at radius 2 is 1.55 bits per heavy atom. The maximum atomic E-state index is 3.57. The van der Waals surface area contributed by atoms with Crippen LogP contribution in [-0.2, 0) is 0 Å². The van der Waals surface area contributed by atoms with E-state index >= 15 is 0 Å². The zero-order chi connectivity index (χ0) is 14.4. The number of hydrogen-bond donors (Lipinski definition) is 1. The second-order valence-corrected chi connectivity index (χ2v) is 7.82. The molecule has 0 amide bonds. The molecule has 0 aromatic carbocycles. The molecule has 0 unspecified atom stereocenters. The quantitative estimate of drug-likeness (QED) is 0.690. The molecule has 1 aliphatic carbocycles. The fourth-order valence-electron chi connectivity index (χ4n) is 2.96. The lowest BCUT2D eigenvalue weighted by Gasteiger charge is -2.34. The van der Waals surface area contributed by atoms with Crippen LogP contribution in [0, 0.1) is 5.92 Å². The number of nitrogens with one attached hydrogen (secondary N) is 1. The maximum absolute atomic E-state index is 3.57. The molecule has 3 nitrogen and oxygen atoms in total. The molecule has 2 aliphatic rings. The Bertz CT molecular complexity index is 260. The van der Waals surface area contributed by atoms with Crippen LogP contribution in [0.15, 0.2) is 0 Å². The van der Waals surface area contributed by atoms with Crippen molar-refractivity contribution in [3.05, 3.63) is 0 Å². The zero-order valence-electron chi connectivity index (χ0n) is 14.0. The van der Waals surface area contributed by atoms with E-state index in [4.69, 9.17) is 0 Å². The average molecular weight is 281 g/mol. The second kappa shape index (κ2) is 7.77. The lowest BCUT2D eigenvalue weighted by atomic mass is 10.1. The smallest absolute Gasteiger partial charge is 0.0110 e. The van der Waals surface area contributed by atoms with Gasteiger partial charge in [-0.25, -0.2) is 0 Å². The Labute approximate surface area is 126 Å². The summed E-state index contributed by atoms with van der Waals surface area (Å²) in [6.45, 7) is 15.8. The minimum atomic E-state index is 0.276. The van der Waals surface area contributed by atoms with Gasteiger partial charge < -0.3 is 15.1 Å². The Morgan fingerprint density at radius 1 is 0.900 bits per heavy atom. The van der Waals surface area contributed by atoms with Gasteiger partial charge in [0.15, 0.2) is 0 Å². The summed E-state index contributed by atoms with van der Waals surface area (Å²) < 4.78 is 0. The van der Waals surface area contributed by atoms with Crippen LogP contribution >= 0.6 is 0 Å². The molecule has 0 radical (unpaired) electrons. The molecule has 1 saturated heterocycles. The van der Waals surface area contributed by atoms with Gasteiger partial charge in [-0.05, 0) is 65.5 Å². The van der Waals surface area contributed by atoms with Crippen LogP contribution < -0.4 is 5.32 Å². The monoisotopic (exact) mass is 281 g/mol. The van der Waals surface area contributed by atoms with Crippen LogP contribution in [0.3, 0.4) is 0 Å². The van der Waals surface area contributed by atoms with E-state index in [1.54, 1.807) is 0 Å². The largest absolute Gasteiger partial charge is 0.312 e. The Balaban J connectivity index is 1.42. The van der Waals surface area contributed by atoms with Crippen LogP contribution in [0.4, 0.5) is 0 Å². The van der Waals surface area contributed by atoms with Crippen molar-refractivity contribution in [2.24, 2.45) is 5.92 Å². The van der Waals surface area contributed by atoms with Crippen LogP contribution in [0.2, 0.25) is 0 Å². The highest BCUT2D eigenvalue weighted by atomic mass is 15.3. The third-order valence-corrected chi connectivity index (χ3v) is 4.48. The van der Waals surface area contributed by atoms with E-state index in [0.717, 1.165) is 5.92 Å². The summed E-state index contributed by atoms with van der Waals surface area (Å²) in [6.07, 6.45) is 7.03. The van der Waals surface area contributed by atoms with Crippen LogP contribution in [0.25, 0.3) is 0 Å². The minimum Gasteiger partial charge on any atom is -0.312 e. The maximum Gasteiger partial charge on any atom is 0.0110 e. The number of nitrogens with zero attached hydrogens (tertiary/aromatic N) is 2. The van der Waals surface area contributed by atoms with Gasteiger partial charge in [-0.2, -0.15) is 0 Å². The highest BCUT2D eigenvalue weighted by Crippen LogP contribution is 2.29. The summed E-state index contributed by atoms with van der Waals surface area (Å²) in [7, 11) is 0. The molecular formula is C17H35N3. The predicted octanol–water partition coefficient (Wildman–Crippen LogP) is 2.57. The number of unbranched alkanes of at least 4 members (excludes halogenated alkanes) is 2. The first-order chi connectivity index (χ1) is 9.53.